The number of benzene rings is 1. The molecule has 1 rings (SSSR count). The largest absolute Gasteiger partial charge is 0.493 e. The molecule has 0 amide bonds. The quantitative estimate of drug-likeness (QED) is 0.590. The van der Waals surface area contributed by atoms with Crippen molar-refractivity contribution in [2.75, 3.05) is 27.9 Å². The zero-order valence-electron chi connectivity index (χ0n) is 12.0. The fourth-order valence-corrected chi connectivity index (χ4v) is 1.98. The maximum Gasteiger partial charge on any atom is 0.305 e. The van der Waals surface area contributed by atoms with Crippen LogP contribution in [0, 0.1) is 0 Å². The lowest BCUT2D eigenvalue weighted by molar-refractivity contribution is -0.140. The summed E-state index contributed by atoms with van der Waals surface area (Å²) in [7, 11) is 4.78. The van der Waals surface area contributed by atoms with Gasteiger partial charge in [0.2, 0.25) is 0 Å². The number of rotatable bonds is 8. The van der Waals surface area contributed by atoms with E-state index in [1.165, 1.54) is 7.11 Å². The Kier molecular flexibility index (Phi) is 7.18. The smallest absolute Gasteiger partial charge is 0.305 e. The zero-order chi connectivity index (χ0) is 15.0. The number of hydrogen-bond acceptors (Lipinski definition) is 5. The van der Waals surface area contributed by atoms with Gasteiger partial charge in [0.1, 0.15) is 0 Å². The predicted octanol–water partition coefficient (Wildman–Crippen LogP) is 2.40. The first-order valence-corrected chi connectivity index (χ1v) is 6.70. The molecule has 0 saturated carbocycles. The Hall–Kier alpha value is -1.46. The van der Waals surface area contributed by atoms with E-state index in [1.807, 2.05) is 13.1 Å². The van der Waals surface area contributed by atoms with Crippen LogP contribution in [0.15, 0.2) is 12.1 Å². The molecular weight excluding hydrogens is 282 g/mol. The van der Waals surface area contributed by atoms with Gasteiger partial charge in [0.05, 0.1) is 20.8 Å². The molecular formula is C14H20ClNO4. The van der Waals surface area contributed by atoms with Crippen molar-refractivity contribution in [3.8, 4) is 11.5 Å². The summed E-state index contributed by atoms with van der Waals surface area (Å²) in [6, 6.07) is 3.53. The molecule has 0 aromatic heterocycles. The van der Waals surface area contributed by atoms with Gasteiger partial charge in [-0.2, -0.15) is 0 Å². The maximum absolute atomic E-state index is 11.0. The molecule has 0 unspecified atom stereocenters. The van der Waals surface area contributed by atoms with Crippen molar-refractivity contribution in [1.29, 1.82) is 0 Å². The second kappa shape index (κ2) is 8.66. The number of nitrogens with one attached hydrogen (secondary N) is 1. The summed E-state index contributed by atoms with van der Waals surface area (Å²) in [6.07, 6.45) is 0.908. The Balaban J connectivity index is 2.73. The van der Waals surface area contributed by atoms with Gasteiger partial charge in [-0.25, -0.2) is 0 Å². The Bertz CT molecular complexity index is 451. The van der Waals surface area contributed by atoms with Crippen LogP contribution in [0.3, 0.4) is 0 Å². The average Bonchev–Trinajstić information content (AvgIpc) is 2.44. The molecule has 0 spiro atoms. The van der Waals surface area contributed by atoms with Crippen LogP contribution >= 0.6 is 11.6 Å². The summed E-state index contributed by atoms with van der Waals surface area (Å²) in [5.74, 6) is 0.990. The second-order valence-corrected chi connectivity index (χ2v) is 4.59. The minimum Gasteiger partial charge on any atom is -0.493 e. The topological polar surface area (TPSA) is 56.8 Å². The number of carbonyl (C=O) groups is 1. The summed E-state index contributed by atoms with van der Waals surface area (Å²) >= 11 is 6.03. The standard InChI is InChI=1S/C14H20ClNO4/c1-16-9-10-7-11(15)8-12(18-2)14(10)20-6-4-5-13(17)19-3/h7-8,16H,4-6,9H2,1-3H3. The minimum atomic E-state index is -0.243. The summed E-state index contributed by atoms with van der Waals surface area (Å²) in [6.45, 7) is 1.02. The van der Waals surface area contributed by atoms with Gasteiger partial charge < -0.3 is 19.5 Å². The summed E-state index contributed by atoms with van der Waals surface area (Å²) in [4.78, 5) is 11.0. The van der Waals surface area contributed by atoms with Gasteiger partial charge in [-0.1, -0.05) is 11.6 Å². The van der Waals surface area contributed by atoms with E-state index in [-0.39, 0.29) is 5.97 Å². The Morgan fingerprint density at radius 3 is 2.70 bits per heavy atom. The van der Waals surface area contributed by atoms with Crippen molar-refractivity contribution in [2.24, 2.45) is 0 Å². The van der Waals surface area contributed by atoms with E-state index in [0.717, 1.165) is 5.56 Å². The van der Waals surface area contributed by atoms with Gasteiger partial charge in [-0.3, -0.25) is 4.79 Å². The van der Waals surface area contributed by atoms with Gasteiger partial charge in [0.25, 0.3) is 0 Å². The summed E-state index contributed by atoms with van der Waals surface area (Å²) < 4.78 is 15.6. The molecule has 1 aromatic carbocycles. The van der Waals surface area contributed by atoms with E-state index in [1.54, 1.807) is 13.2 Å². The van der Waals surface area contributed by atoms with Gasteiger partial charge in [0.15, 0.2) is 11.5 Å². The monoisotopic (exact) mass is 301 g/mol. The van der Waals surface area contributed by atoms with Crippen molar-refractivity contribution < 1.29 is 19.0 Å². The van der Waals surface area contributed by atoms with Gasteiger partial charge in [-0.05, 0) is 19.5 Å². The molecule has 0 aliphatic rings. The van der Waals surface area contributed by atoms with E-state index in [0.29, 0.717) is 42.5 Å². The zero-order valence-corrected chi connectivity index (χ0v) is 12.8. The molecule has 0 radical (unpaired) electrons. The van der Waals surface area contributed by atoms with E-state index >= 15 is 0 Å². The highest BCUT2D eigenvalue weighted by Gasteiger charge is 2.12. The molecule has 6 heteroatoms. The van der Waals surface area contributed by atoms with Crippen LogP contribution in [0.2, 0.25) is 5.02 Å². The predicted molar refractivity (Wildman–Crippen MR) is 77.5 cm³/mol. The van der Waals surface area contributed by atoms with Crippen molar-refractivity contribution in [3.05, 3.63) is 22.7 Å². The molecule has 0 aliphatic carbocycles. The number of methoxy groups -OCH3 is 2. The van der Waals surface area contributed by atoms with Crippen LogP contribution in [0.5, 0.6) is 11.5 Å². The summed E-state index contributed by atoms with van der Waals surface area (Å²) in [5, 5.41) is 3.64. The third kappa shape index (κ3) is 4.90. The van der Waals surface area contributed by atoms with E-state index in [2.05, 4.69) is 10.1 Å². The fourth-order valence-electron chi connectivity index (χ4n) is 1.75. The summed E-state index contributed by atoms with van der Waals surface area (Å²) in [5.41, 5.74) is 0.912. The Morgan fingerprint density at radius 1 is 1.35 bits per heavy atom. The average molecular weight is 302 g/mol. The fraction of sp³-hybridized carbons (Fsp3) is 0.500. The van der Waals surface area contributed by atoms with Crippen LogP contribution < -0.4 is 14.8 Å². The maximum atomic E-state index is 11.0. The third-order valence-corrected chi connectivity index (χ3v) is 2.90. The number of halogens is 1. The number of carbonyl (C=O) groups excluding carboxylic acids is 1. The van der Waals surface area contributed by atoms with Gasteiger partial charge >= 0.3 is 5.97 Å². The lowest BCUT2D eigenvalue weighted by Gasteiger charge is -2.15. The molecule has 0 aliphatic heterocycles. The van der Waals surface area contributed by atoms with Crippen LogP contribution in [0.25, 0.3) is 0 Å². The SMILES string of the molecule is CNCc1cc(Cl)cc(OC)c1OCCCC(=O)OC. The van der Waals surface area contributed by atoms with Crippen LogP contribution in [0.4, 0.5) is 0 Å². The van der Waals surface area contributed by atoms with Crippen molar-refractivity contribution in [1.82, 2.24) is 5.32 Å². The molecule has 20 heavy (non-hydrogen) atoms. The Morgan fingerprint density at radius 2 is 2.10 bits per heavy atom. The van der Waals surface area contributed by atoms with Crippen LogP contribution in [0.1, 0.15) is 18.4 Å². The lowest BCUT2D eigenvalue weighted by Crippen LogP contribution is -2.10. The van der Waals surface area contributed by atoms with Crippen LogP contribution in [-0.4, -0.2) is 33.8 Å². The number of esters is 1. The Labute approximate surface area is 124 Å². The molecule has 0 saturated heterocycles. The molecule has 0 fully saturated rings. The van der Waals surface area contributed by atoms with E-state index in [9.17, 15) is 4.79 Å². The molecule has 0 atom stereocenters. The minimum absolute atomic E-state index is 0.243. The first-order valence-electron chi connectivity index (χ1n) is 6.33. The van der Waals surface area contributed by atoms with Crippen LogP contribution in [-0.2, 0) is 16.1 Å². The highest BCUT2D eigenvalue weighted by atomic mass is 35.5. The van der Waals surface area contributed by atoms with Crippen molar-refractivity contribution >= 4 is 17.6 Å². The molecule has 5 nitrogen and oxygen atoms in total. The molecule has 0 bridgehead atoms. The normalized spacial score (nSPS) is 10.2. The molecule has 0 heterocycles. The van der Waals surface area contributed by atoms with E-state index < -0.39 is 0 Å². The molecule has 112 valence electrons. The van der Waals surface area contributed by atoms with Crippen molar-refractivity contribution in [2.45, 2.75) is 19.4 Å². The van der Waals surface area contributed by atoms with Gasteiger partial charge in [-0.15, -0.1) is 0 Å². The number of hydrogen-bond donors (Lipinski definition) is 1. The third-order valence-electron chi connectivity index (χ3n) is 2.68. The lowest BCUT2D eigenvalue weighted by atomic mass is 10.2. The molecule has 1 aromatic rings. The first-order chi connectivity index (χ1) is 9.62. The first kappa shape index (κ1) is 16.6. The highest BCUT2D eigenvalue weighted by molar-refractivity contribution is 6.30. The molecule has 1 N–H and O–H groups in total. The highest BCUT2D eigenvalue weighted by Crippen LogP contribution is 2.34. The number of ether oxygens (including phenoxy) is 3. The van der Waals surface area contributed by atoms with Gasteiger partial charge in [0, 0.05) is 29.6 Å². The van der Waals surface area contributed by atoms with E-state index in [4.69, 9.17) is 21.1 Å². The second-order valence-electron chi connectivity index (χ2n) is 4.15. The van der Waals surface area contributed by atoms with Crippen molar-refractivity contribution in [3.63, 3.8) is 0 Å².